The van der Waals surface area contributed by atoms with Crippen LogP contribution in [-0.2, 0) is 6.54 Å². The predicted octanol–water partition coefficient (Wildman–Crippen LogP) is 2.76. The number of H-pyrrole nitrogens is 1. The molecule has 1 amide bonds. The Bertz CT molecular complexity index is 852. The highest BCUT2D eigenvalue weighted by Crippen LogP contribution is 2.25. The van der Waals surface area contributed by atoms with Gasteiger partial charge in [-0.1, -0.05) is 0 Å². The fourth-order valence-electron chi connectivity index (χ4n) is 3.61. The molecule has 4 rings (SSSR count). The zero-order valence-corrected chi connectivity index (χ0v) is 13.8. The topological polar surface area (TPSA) is 66.8 Å². The maximum atomic E-state index is 13.3. The van der Waals surface area contributed by atoms with Gasteiger partial charge in [0.05, 0.1) is 29.9 Å². The summed E-state index contributed by atoms with van der Waals surface area (Å²) in [6.45, 7) is 3.56. The number of aromatic nitrogens is 4. The van der Waals surface area contributed by atoms with E-state index in [0.29, 0.717) is 0 Å². The van der Waals surface area contributed by atoms with Gasteiger partial charge in [-0.05, 0) is 49.9 Å². The molecule has 124 valence electrons. The van der Waals surface area contributed by atoms with Gasteiger partial charge in [0.1, 0.15) is 0 Å². The van der Waals surface area contributed by atoms with E-state index in [1.165, 1.54) is 0 Å². The number of hydrogen-bond donors (Lipinski definition) is 1. The highest BCUT2D eigenvalue weighted by atomic mass is 16.2. The Morgan fingerprint density at radius 2 is 2.29 bits per heavy atom. The first-order valence-electron chi connectivity index (χ1n) is 8.44. The zero-order chi connectivity index (χ0) is 16.5. The largest absolute Gasteiger partial charge is 0.334 e. The molecule has 3 heterocycles. The fraction of sp³-hybridized carbons (Fsp3) is 0.389. The molecular formula is C18H21N5O. The van der Waals surface area contributed by atoms with Crippen LogP contribution >= 0.6 is 0 Å². The van der Waals surface area contributed by atoms with Crippen LogP contribution < -0.4 is 0 Å². The monoisotopic (exact) mass is 323 g/mol. The molecule has 1 aliphatic rings. The molecule has 0 radical (unpaired) electrons. The first kappa shape index (κ1) is 14.9. The molecule has 24 heavy (non-hydrogen) atoms. The number of aromatic amines is 1. The van der Waals surface area contributed by atoms with E-state index in [9.17, 15) is 4.79 Å². The van der Waals surface area contributed by atoms with Crippen LogP contribution in [0.4, 0.5) is 0 Å². The number of piperidine rings is 1. The molecule has 6 nitrogen and oxygen atoms in total. The van der Waals surface area contributed by atoms with Gasteiger partial charge in [0.2, 0.25) is 0 Å². The minimum atomic E-state index is 0.0878. The van der Waals surface area contributed by atoms with Crippen LogP contribution in [0.1, 0.15) is 35.2 Å². The lowest BCUT2D eigenvalue weighted by Gasteiger charge is -2.36. The number of carbonyl (C=O) groups excluding carboxylic acids is 1. The number of likely N-dealkylation sites (tertiary alicyclic amines) is 1. The molecule has 0 saturated carbocycles. The summed E-state index contributed by atoms with van der Waals surface area (Å²) in [5.41, 5.74) is 2.62. The molecule has 0 unspecified atom stereocenters. The first-order valence-corrected chi connectivity index (χ1v) is 8.44. The summed E-state index contributed by atoms with van der Waals surface area (Å²) >= 11 is 0. The minimum absolute atomic E-state index is 0.0878. The quantitative estimate of drug-likeness (QED) is 0.806. The van der Waals surface area contributed by atoms with Gasteiger partial charge in [0, 0.05) is 24.3 Å². The van der Waals surface area contributed by atoms with Crippen molar-refractivity contribution in [1.82, 2.24) is 24.9 Å². The summed E-state index contributed by atoms with van der Waals surface area (Å²) < 4.78 is 1.91. The lowest BCUT2D eigenvalue weighted by molar-refractivity contribution is 0.0585. The van der Waals surface area contributed by atoms with Gasteiger partial charge in [-0.2, -0.15) is 10.2 Å². The maximum Gasteiger partial charge on any atom is 0.256 e. The van der Waals surface area contributed by atoms with E-state index in [1.54, 1.807) is 12.4 Å². The van der Waals surface area contributed by atoms with Crippen molar-refractivity contribution in [3.63, 3.8) is 0 Å². The van der Waals surface area contributed by atoms with E-state index in [-0.39, 0.29) is 11.9 Å². The van der Waals surface area contributed by atoms with Gasteiger partial charge in [0.25, 0.3) is 5.91 Å². The molecule has 0 bridgehead atoms. The molecule has 1 saturated heterocycles. The van der Waals surface area contributed by atoms with Gasteiger partial charge >= 0.3 is 0 Å². The van der Waals surface area contributed by atoms with Crippen LogP contribution in [0.5, 0.6) is 0 Å². The van der Waals surface area contributed by atoms with E-state index in [2.05, 4.69) is 15.3 Å². The van der Waals surface area contributed by atoms with Crippen molar-refractivity contribution >= 4 is 16.8 Å². The average molecular weight is 323 g/mol. The summed E-state index contributed by atoms with van der Waals surface area (Å²) in [7, 11) is 0. The molecule has 0 aliphatic carbocycles. The van der Waals surface area contributed by atoms with Gasteiger partial charge in [-0.15, -0.1) is 0 Å². The van der Waals surface area contributed by atoms with Crippen molar-refractivity contribution in [2.75, 3.05) is 6.54 Å². The smallest absolute Gasteiger partial charge is 0.256 e. The number of nitrogens with zero attached hydrogens (tertiary/aromatic N) is 4. The third kappa shape index (κ3) is 2.68. The molecule has 1 fully saturated rings. The number of benzene rings is 1. The Labute approximate surface area is 140 Å². The number of aryl methyl sites for hydroxylation is 1. The van der Waals surface area contributed by atoms with E-state index < -0.39 is 0 Å². The SMILES string of the molecule is Cc1cc(C(=O)N2CCCC[C@@H]2Cn2cccn2)c2[nH]ncc2c1. The zero-order valence-electron chi connectivity index (χ0n) is 13.8. The molecule has 1 N–H and O–H groups in total. The summed E-state index contributed by atoms with van der Waals surface area (Å²) in [4.78, 5) is 15.3. The number of carbonyl (C=O) groups is 1. The Balaban J connectivity index is 1.66. The fourth-order valence-corrected chi connectivity index (χ4v) is 3.61. The van der Waals surface area contributed by atoms with Crippen molar-refractivity contribution in [2.24, 2.45) is 0 Å². The lowest BCUT2D eigenvalue weighted by atomic mass is 9.99. The minimum Gasteiger partial charge on any atom is -0.334 e. The highest BCUT2D eigenvalue weighted by molar-refractivity contribution is 6.05. The standard InChI is InChI=1S/C18H21N5O/c1-13-9-14-11-19-21-17(14)16(10-13)18(24)23-8-3-2-5-15(23)12-22-7-4-6-20-22/h4,6-7,9-11,15H,2-3,5,8,12H2,1H3,(H,19,21)/t15-/m1/s1. The Kier molecular flexibility index (Phi) is 3.80. The highest BCUT2D eigenvalue weighted by Gasteiger charge is 2.29. The van der Waals surface area contributed by atoms with Crippen LogP contribution in [0.15, 0.2) is 36.8 Å². The Morgan fingerprint density at radius 1 is 1.38 bits per heavy atom. The second-order valence-electron chi connectivity index (χ2n) is 6.52. The molecule has 1 aliphatic heterocycles. The van der Waals surface area contributed by atoms with Crippen LogP contribution in [0.3, 0.4) is 0 Å². The third-order valence-corrected chi connectivity index (χ3v) is 4.77. The normalized spacial score (nSPS) is 18.2. The number of rotatable bonds is 3. The van der Waals surface area contributed by atoms with Gasteiger partial charge < -0.3 is 4.90 Å². The van der Waals surface area contributed by atoms with Crippen molar-refractivity contribution in [1.29, 1.82) is 0 Å². The van der Waals surface area contributed by atoms with E-state index in [1.807, 2.05) is 40.9 Å². The Morgan fingerprint density at radius 3 is 3.12 bits per heavy atom. The van der Waals surface area contributed by atoms with Crippen molar-refractivity contribution < 1.29 is 4.79 Å². The molecule has 0 spiro atoms. The third-order valence-electron chi connectivity index (χ3n) is 4.77. The second-order valence-corrected chi connectivity index (χ2v) is 6.52. The molecule has 1 aromatic carbocycles. The van der Waals surface area contributed by atoms with Crippen molar-refractivity contribution in [3.8, 4) is 0 Å². The molecule has 6 heteroatoms. The maximum absolute atomic E-state index is 13.3. The molecule has 3 aromatic rings. The van der Waals surface area contributed by atoms with Crippen LogP contribution in [0, 0.1) is 6.92 Å². The number of nitrogens with one attached hydrogen (secondary N) is 1. The average Bonchev–Trinajstić information content (AvgIpc) is 3.25. The predicted molar refractivity (Wildman–Crippen MR) is 91.7 cm³/mol. The summed E-state index contributed by atoms with van der Waals surface area (Å²) in [6.07, 6.45) is 8.74. The van der Waals surface area contributed by atoms with Crippen LogP contribution in [0.2, 0.25) is 0 Å². The van der Waals surface area contributed by atoms with Crippen LogP contribution in [0.25, 0.3) is 10.9 Å². The number of amides is 1. The van der Waals surface area contributed by atoms with Gasteiger partial charge in [-0.25, -0.2) is 0 Å². The van der Waals surface area contributed by atoms with E-state index in [0.717, 1.165) is 54.4 Å². The lowest BCUT2D eigenvalue weighted by Crippen LogP contribution is -2.46. The summed E-state index contributed by atoms with van der Waals surface area (Å²) in [5.74, 6) is 0.0878. The number of hydrogen-bond acceptors (Lipinski definition) is 3. The first-order chi connectivity index (χ1) is 11.7. The molecular weight excluding hydrogens is 302 g/mol. The van der Waals surface area contributed by atoms with Crippen molar-refractivity contribution in [3.05, 3.63) is 47.9 Å². The summed E-state index contributed by atoms with van der Waals surface area (Å²) in [5, 5.41) is 12.4. The van der Waals surface area contributed by atoms with Crippen LogP contribution in [-0.4, -0.2) is 43.4 Å². The van der Waals surface area contributed by atoms with Gasteiger partial charge in [0.15, 0.2) is 0 Å². The number of fused-ring (bicyclic) bond motifs is 1. The Hall–Kier alpha value is -2.63. The molecule has 1 atom stereocenters. The molecule has 2 aromatic heterocycles. The summed E-state index contributed by atoms with van der Waals surface area (Å²) in [6, 6.07) is 6.11. The van der Waals surface area contributed by atoms with E-state index in [4.69, 9.17) is 0 Å². The van der Waals surface area contributed by atoms with Crippen molar-refractivity contribution in [2.45, 2.75) is 38.8 Å². The van der Waals surface area contributed by atoms with E-state index >= 15 is 0 Å². The van der Waals surface area contributed by atoms with Gasteiger partial charge in [-0.3, -0.25) is 14.6 Å². The second kappa shape index (κ2) is 6.11.